The molecule has 1 aromatic carbocycles. The average Bonchev–Trinajstić information content (AvgIpc) is 2.69. The van der Waals surface area contributed by atoms with E-state index in [2.05, 4.69) is 34.3 Å². The first-order valence-electron chi connectivity index (χ1n) is 7.37. The van der Waals surface area contributed by atoms with Crippen LogP contribution in [0.2, 0.25) is 0 Å². The second-order valence-electron chi connectivity index (χ2n) is 5.66. The predicted molar refractivity (Wildman–Crippen MR) is 83.3 cm³/mol. The van der Waals surface area contributed by atoms with Crippen LogP contribution in [0, 0.1) is 5.92 Å². The lowest BCUT2D eigenvalue weighted by Crippen LogP contribution is -2.39. The maximum absolute atomic E-state index is 12.0. The Balaban J connectivity index is 2.01. The molecule has 1 aliphatic rings. The van der Waals surface area contributed by atoms with Crippen LogP contribution in [0.15, 0.2) is 24.3 Å². The zero-order valence-corrected chi connectivity index (χ0v) is 13.1. The molecule has 2 rings (SSSR count). The van der Waals surface area contributed by atoms with E-state index < -0.39 is 0 Å². The molecule has 0 bridgehead atoms. The van der Waals surface area contributed by atoms with E-state index in [-0.39, 0.29) is 11.8 Å². The van der Waals surface area contributed by atoms with Crippen molar-refractivity contribution < 1.29 is 9.53 Å². The molecule has 0 aromatic heterocycles. The summed E-state index contributed by atoms with van der Waals surface area (Å²) in [6.07, 6.45) is 0. The molecule has 1 heterocycles. The largest absolute Gasteiger partial charge is 0.497 e. The molecule has 0 spiro atoms. The van der Waals surface area contributed by atoms with Crippen LogP contribution in [-0.2, 0) is 11.3 Å². The number of hydrogen-bond donors (Lipinski definition) is 1. The van der Waals surface area contributed by atoms with Gasteiger partial charge in [0.1, 0.15) is 5.75 Å². The highest BCUT2D eigenvalue weighted by Gasteiger charge is 2.25. The number of nitrogens with one attached hydrogen (secondary N) is 1. The van der Waals surface area contributed by atoms with Gasteiger partial charge < -0.3 is 15.0 Å². The van der Waals surface area contributed by atoms with Crippen LogP contribution < -0.4 is 10.1 Å². The molecule has 1 saturated heterocycles. The normalized spacial score (nSPS) is 20.8. The third-order valence-electron chi connectivity index (χ3n) is 3.99. The maximum atomic E-state index is 12.0. The molecule has 5 heteroatoms. The fourth-order valence-corrected chi connectivity index (χ4v) is 2.74. The Bertz CT molecular complexity index is 461. The van der Waals surface area contributed by atoms with Crippen molar-refractivity contribution in [3.05, 3.63) is 29.8 Å². The molecule has 1 fully saturated rings. The van der Waals surface area contributed by atoms with Crippen LogP contribution in [0.3, 0.4) is 0 Å². The van der Waals surface area contributed by atoms with E-state index in [0.29, 0.717) is 0 Å². The first kappa shape index (κ1) is 15.8. The minimum Gasteiger partial charge on any atom is -0.497 e. The highest BCUT2D eigenvalue weighted by molar-refractivity contribution is 5.78. The van der Waals surface area contributed by atoms with Crippen molar-refractivity contribution in [1.82, 2.24) is 15.1 Å². The second kappa shape index (κ2) is 7.43. The number of carbonyl (C=O) groups excluding carboxylic acids is 1. The van der Waals surface area contributed by atoms with Crippen LogP contribution >= 0.6 is 0 Å². The highest BCUT2D eigenvalue weighted by atomic mass is 16.5. The molecular formula is C16H25N3O2. The van der Waals surface area contributed by atoms with Crippen LogP contribution in [0.4, 0.5) is 0 Å². The summed E-state index contributed by atoms with van der Waals surface area (Å²) < 4.78 is 5.18. The van der Waals surface area contributed by atoms with Gasteiger partial charge in [-0.3, -0.25) is 9.69 Å². The Morgan fingerprint density at radius 3 is 2.62 bits per heavy atom. The Labute approximate surface area is 126 Å². The van der Waals surface area contributed by atoms with Gasteiger partial charge in [0.15, 0.2) is 0 Å². The third kappa shape index (κ3) is 4.44. The van der Waals surface area contributed by atoms with Gasteiger partial charge in [-0.1, -0.05) is 12.1 Å². The van der Waals surface area contributed by atoms with Crippen molar-refractivity contribution in [2.24, 2.45) is 5.92 Å². The van der Waals surface area contributed by atoms with Crippen molar-refractivity contribution in [3.63, 3.8) is 0 Å². The fourth-order valence-electron chi connectivity index (χ4n) is 2.74. The first-order chi connectivity index (χ1) is 10.1. The van der Waals surface area contributed by atoms with Gasteiger partial charge in [0.2, 0.25) is 5.91 Å². The summed E-state index contributed by atoms with van der Waals surface area (Å²) in [6.45, 7) is 4.46. The van der Waals surface area contributed by atoms with Gasteiger partial charge in [-0.05, 0) is 24.7 Å². The maximum Gasteiger partial charge on any atom is 0.225 e. The number of methoxy groups -OCH3 is 1. The number of nitrogens with zero attached hydrogens (tertiary/aromatic N) is 2. The Kier molecular flexibility index (Phi) is 5.59. The molecule has 1 aromatic rings. The van der Waals surface area contributed by atoms with E-state index in [9.17, 15) is 4.79 Å². The van der Waals surface area contributed by atoms with Gasteiger partial charge in [-0.25, -0.2) is 0 Å². The minimum absolute atomic E-state index is 0.0285. The molecule has 1 atom stereocenters. The number of ether oxygens (including phenoxy) is 1. The predicted octanol–water partition coefficient (Wildman–Crippen LogP) is 0.805. The molecule has 0 unspecified atom stereocenters. The second-order valence-corrected chi connectivity index (χ2v) is 5.66. The van der Waals surface area contributed by atoms with Crippen molar-refractivity contribution >= 4 is 5.91 Å². The lowest BCUT2D eigenvalue weighted by Gasteiger charge is -2.23. The summed E-state index contributed by atoms with van der Waals surface area (Å²) in [6, 6.07) is 8.13. The quantitative estimate of drug-likeness (QED) is 0.891. The summed E-state index contributed by atoms with van der Waals surface area (Å²) in [5.41, 5.74) is 1.25. The lowest BCUT2D eigenvalue weighted by molar-refractivity contribution is -0.125. The van der Waals surface area contributed by atoms with E-state index >= 15 is 0 Å². The molecule has 1 aliphatic heterocycles. The number of benzene rings is 1. The number of rotatable bonds is 4. The Hall–Kier alpha value is -1.59. The van der Waals surface area contributed by atoms with E-state index in [0.717, 1.165) is 38.5 Å². The van der Waals surface area contributed by atoms with E-state index in [1.54, 1.807) is 14.2 Å². The molecular weight excluding hydrogens is 266 g/mol. The molecule has 0 radical (unpaired) electrons. The summed E-state index contributed by atoms with van der Waals surface area (Å²) in [5, 5.41) is 2.77. The van der Waals surface area contributed by atoms with E-state index in [1.165, 1.54) is 5.56 Å². The topological polar surface area (TPSA) is 44.8 Å². The van der Waals surface area contributed by atoms with Crippen LogP contribution in [0.1, 0.15) is 5.56 Å². The SMILES string of the molecule is CNC(=O)[C@H]1CN(C)CCN(Cc2ccc(OC)cc2)C1. The van der Waals surface area contributed by atoms with Crippen molar-refractivity contribution in [1.29, 1.82) is 0 Å². The zero-order chi connectivity index (χ0) is 15.2. The van der Waals surface area contributed by atoms with Gasteiger partial charge in [-0.2, -0.15) is 0 Å². The standard InChI is InChI=1S/C16H25N3O2/c1-17-16(20)14-11-18(2)8-9-19(12-14)10-13-4-6-15(21-3)7-5-13/h4-7,14H,8-12H2,1-3H3,(H,17,20)/t14-/m0/s1. The Morgan fingerprint density at radius 2 is 2.00 bits per heavy atom. The fraction of sp³-hybridized carbons (Fsp3) is 0.562. The average molecular weight is 291 g/mol. The van der Waals surface area contributed by atoms with E-state index in [4.69, 9.17) is 4.74 Å². The number of carbonyl (C=O) groups is 1. The molecule has 0 saturated carbocycles. The summed E-state index contributed by atoms with van der Waals surface area (Å²) in [4.78, 5) is 16.5. The molecule has 1 amide bonds. The van der Waals surface area contributed by atoms with Crippen molar-refractivity contribution in [2.75, 3.05) is 47.4 Å². The molecule has 0 aliphatic carbocycles. The zero-order valence-electron chi connectivity index (χ0n) is 13.1. The molecule has 116 valence electrons. The van der Waals surface area contributed by atoms with Gasteiger partial charge >= 0.3 is 0 Å². The molecule has 1 N–H and O–H groups in total. The Morgan fingerprint density at radius 1 is 1.29 bits per heavy atom. The number of likely N-dealkylation sites (N-methyl/N-ethyl adjacent to an activating group) is 1. The smallest absolute Gasteiger partial charge is 0.225 e. The van der Waals surface area contributed by atoms with Gasteiger partial charge in [-0.15, -0.1) is 0 Å². The van der Waals surface area contributed by atoms with Crippen LogP contribution in [-0.4, -0.2) is 63.1 Å². The first-order valence-corrected chi connectivity index (χ1v) is 7.37. The number of hydrogen-bond acceptors (Lipinski definition) is 4. The molecule has 5 nitrogen and oxygen atoms in total. The van der Waals surface area contributed by atoms with Crippen molar-refractivity contribution in [3.8, 4) is 5.75 Å². The van der Waals surface area contributed by atoms with Crippen LogP contribution in [0.25, 0.3) is 0 Å². The van der Waals surface area contributed by atoms with Crippen molar-refractivity contribution in [2.45, 2.75) is 6.54 Å². The van der Waals surface area contributed by atoms with Crippen LogP contribution in [0.5, 0.6) is 5.75 Å². The van der Waals surface area contributed by atoms with Gasteiger partial charge in [0, 0.05) is 39.8 Å². The summed E-state index contributed by atoms with van der Waals surface area (Å²) in [7, 11) is 5.46. The summed E-state index contributed by atoms with van der Waals surface area (Å²) in [5.74, 6) is 1.03. The minimum atomic E-state index is 0.0285. The summed E-state index contributed by atoms with van der Waals surface area (Å²) >= 11 is 0. The van der Waals surface area contributed by atoms with Gasteiger partial charge in [0.25, 0.3) is 0 Å². The van der Waals surface area contributed by atoms with Gasteiger partial charge in [0.05, 0.1) is 13.0 Å². The monoisotopic (exact) mass is 291 g/mol. The lowest BCUT2D eigenvalue weighted by atomic mass is 10.1. The highest BCUT2D eigenvalue weighted by Crippen LogP contribution is 2.15. The van der Waals surface area contributed by atoms with E-state index in [1.807, 2.05) is 12.1 Å². The number of amides is 1. The third-order valence-corrected chi connectivity index (χ3v) is 3.99. The molecule has 21 heavy (non-hydrogen) atoms.